The maximum atomic E-state index is 2.34. The van der Waals surface area contributed by atoms with Crippen LogP contribution in [0.1, 0.15) is 55.9 Å². The molecule has 0 aliphatic rings. The summed E-state index contributed by atoms with van der Waals surface area (Å²) < 4.78 is 0. The first-order valence-electron chi connectivity index (χ1n) is 4.19. The third kappa shape index (κ3) is 2.84. The van der Waals surface area contributed by atoms with Gasteiger partial charge in [-0.1, -0.05) is 55.9 Å². The summed E-state index contributed by atoms with van der Waals surface area (Å²) >= 11 is 0. The first-order valence-corrected chi connectivity index (χ1v) is 4.19. The predicted octanol–water partition coefficient (Wildman–Crippen LogP) is 4.35. The number of hydrogen-bond acceptors (Lipinski definition) is 0. The highest BCUT2D eigenvalue weighted by atomic mass is 14.4. The van der Waals surface area contributed by atoms with E-state index < -0.39 is 0 Å². The summed E-state index contributed by atoms with van der Waals surface area (Å²) in [5.74, 6) is 0.757. The van der Waals surface area contributed by atoms with Gasteiger partial charge in [0.2, 0.25) is 0 Å². The van der Waals surface area contributed by atoms with Crippen molar-refractivity contribution in [1.29, 1.82) is 0 Å². The molecule has 0 saturated carbocycles. The minimum atomic E-state index is 0. The Balaban J connectivity index is 0. The normalized spacial score (nSPS) is 13.1. The minimum absolute atomic E-state index is 0. The molecule has 0 aromatic heterocycles. The molecule has 0 unspecified atom stereocenters. The van der Waals surface area contributed by atoms with Crippen LogP contribution < -0.4 is 0 Å². The van der Waals surface area contributed by atoms with E-state index in [0.717, 1.165) is 5.92 Å². The lowest BCUT2D eigenvalue weighted by Gasteiger charge is -2.42. The molecule has 0 rings (SSSR count). The van der Waals surface area contributed by atoms with Crippen LogP contribution in [0.2, 0.25) is 0 Å². The molecule has 0 aromatic carbocycles. The summed E-state index contributed by atoms with van der Waals surface area (Å²) in [5, 5.41) is 0. The molecular weight excluding hydrogens is 132 g/mol. The quantitative estimate of drug-likeness (QED) is 0.532. The van der Waals surface area contributed by atoms with Gasteiger partial charge in [-0.15, -0.1) is 0 Å². The molecule has 0 atom stereocenters. The molecule has 0 aromatic rings. The van der Waals surface area contributed by atoms with E-state index in [-0.39, 0.29) is 7.43 Å². The molecule has 11 heavy (non-hydrogen) atoms. The Morgan fingerprint density at radius 2 is 1.09 bits per heavy atom. The average molecular weight is 158 g/mol. The lowest BCUT2D eigenvalue weighted by Crippen LogP contribution is -2.34. The average Bonchev–Trinajstić information content (AvgIpc) is 1.62. The monoisotopic (exact) mass is 158 g/mol. The number of rotatable bonds is 1. The van der Waals surface area contributed by atoms with E-state index in [1.54, 1.807) is 0 Å². The van der Waals surface area contributed by atoms with Crippen molar-refractivity contribution >= 4 is 0 Å². The van der Waals surface area contributed by atoms with E-state index in [0.29, 0.717) is 10.8 Å². The van der Waals surface area contributed by atoms with E-state index in [1.807, 2.05) is 0 Å². The molecule has 0 amide bonds. The van der Waals surface area contributed by atoms with Crippen molar-refractivity contribution in [1.82, 2.24) is 0 Å². The first kappa shape index (κ1) is 13.6. The van der Waals surface area contributed by atoms with E-state index in [4.69, 9.17) is 0 Å². The zero-order valence-corrected chi connectivity index (χ0v) is 8.58. The van der Waals surface area contributed by atoms with Gasteiger partial charge in [-0.25, -0.2) is 0 Å². The number of hydrogen-bond donors (Lipinski definition) is 0. The summed E-state index contributed by atoms with van der Waals surface area (Å²) in [7, 11) is 0. The van der Waals surface area contributed by atoms with Crippen molar-refractivity contribution in [3.05, 3.63) is 0 Å². The third-order valence-electron chi connectivity index (χ3n) is 3.38. The fourth-order valence-electron chi connectivity index (χ4n) is 0.866. The standard InChI is InChI=1S/C10H22.CH4/c1-8(2)10(6,7)9(3,4)5;/h8H,1-7H3;1H4. The van der Waals surface area contributed by atoms with Gasteiger partial charge in [0.1, 0.15) is 0 Å². The van der Waals surface area contributed by atoms with E-state index in [1.165, 1.54) is 0 Å². The Bertz CT molecular complexity index is 102. The zero-order valence-electron chi connectivity index (χ0n) is 8.58. The van der Waals surface area contributed by atoms with Crippen LogP contribution in [0.3, 0.4) is 0 Å². The Morgan fingerprint density at radius 3 is 1.09 bits per heavy atom. The first-order chi connectivity index (χ1) is 4.19. The van der Waals surface area contributed by atoms with Crippen molar-refractivity contribution < 1.29 is 0 Å². The minimum Gasteiger partial charge on any atom is -0.0776 e. The summed E-state index contributed by atoms with van der Waals surface area (Å²) in [5.41, 5.74) is 0.855. The van der Waals surface area contributed by atoms with Gasteiger partial charge in [-0.2, -0.15) is 0 Å². The fraction of sp³-hybridized carbons (Fsp3) is 1.00. The summed E-state index contributed by atoms with van der Waals surface area (Å²) in [6, 6.07) is 0. The van der Waals surface area contributed by atoms with Crippen molar-refractivity contribution in [2.45, 2.75) is 55.9 Å². The predicted molar refractivity (Wildman–Crippen MR) is 54.8 cm³/mol. The van der Waals surface area contributed by atoms with Crippen LogP contribution in [-0.4, -0.2) is 0 Å². The lowest BCUT2D eigenvalue weighted by atomic mass is 9.63. The van der Waals surface area contributed by atoms with Gasteiger partial charge in [0.05, 0.1) is 0 Å². The van der Waals surface area contributed by atoms with Crippen LogP contribution in [0.15, 0.2) is 0 Å². The maximum Gasteiger partial charge on any atom is -0.0283 e. The van der Waals surface area contributed by atoms with Gasteiger partial charge < -0.3 is 0 Å². The van der Waals surface area contributed by atoms with Crippen LogP contribution in [0.25, 0.3) is 0 Å². The van der Waals surface area contributed by atoms with Crippen molar-refractivity contribution in [2.75, 3.05) is 0 Å². The highest BCUT2D eigenvalue weighted by Gasteiger charge is 2.35. The summed E-state index contributed by atoms with van der Waals surface area (Å²) in [6.07, 6.45) is 0. The second-order valence-electron chi connectivity index (χ2n) is 5.13. The molecule has 0 radical (unpaired) electrons. The Morgan fingerprint density at radius 1 is 0.818 bits per heavy atom. The molecule has 70 valence electrons. The van der Waals surface area contributed by atoms with Gasteiger partial charge in [-0.3, -0.25) is 0 Å². The Kier molecular flexibility index (Phi) is 4.44. The van der Waals surface area contributed by atoms with Gasteiger partial charge >= 0.3 is 0 Å². The van der Waals surface area contributed by atoms with Gasteiger partial charge in [0.15, 0.2) is 0 Å². The zero-order chi connectivity index (χ0) is 8.58. The SMILES string of the molecule is C.CC(C)C(C)(C)C(C)(C)C. The Labute approximate surface area is 73.4 Å². The smallest absolute Gasteiger partial charge is 0.0283 e. The molecule has 0 spiro atoms. The highest BCUT2D eigenvalue weighted by Crippen LogP contribution is 2.43. The van der Waals surface area contributed by atoms with Gasteiger partial charge in [0.25, 0.3) is 0 Å². The molecule has 0 aliphatic heterocycles. The molecule has 0 heterocycles. The van der Waals surface area contributed by atoms with Crippen molar-refractivity contribution in [2.24, 2.45) is 16.7 Å². The molecule has 0 nitrogen and oxygen atoms in total. The summed E-state index contributed by atoms with van der Waals surface area (Å²) in [6.45, 7) is 16.2. The topological polar surface area (TPSA) is 0 Å². The van der Waals surface area contributed by atoms with Crippen LogP contribution in [0.4, 0.5) is 0 Å². The molecule has 0 heteroatoms. The highest BCUT2D eigenvalue weighted by molar-refractivity contribution is 4.84. The molecule has 0 saturated heterocycles. The van der Waals surface area contributed by atoms with Gasteiger partial charge in [-0.05, 0) is 16.7 Å². The van der Waals surface area contributed by atoms with Crippen LogP contribution in [0, 0.1) is 16.7 Å². The second kappa shape index (κ2) is 3.60. The van der Waals surface area contributed by atoms with E-state index >= 15 is 0 Å². The summed E-state index contributed by atoms with van der Waals surface area (Å²) in [4.78, 5) is 0. The maximum absolute atomic E-state index is 2.34. The molecule has 0 aliphatic carbocycles. The fourth-order valence-corrected chi connectivity index (χ4v) is 0.866. The molecular formula is C11H26. The molecule has 0 fully saturated rings. The van der Waals surface area contributed by atoms with E-state index in [2.05, 4.69) is 48.5 Å². The van der Waals surface area contributed by atoms with Crippen LogP contribution >= 0.6 is 0 Å². The van der Waals surface area contributed by atoms with E-state index in [9.17, 15) is 0 Å². The molecule has 0 bridgehead atoms. The largest absolute Gasteiger partial charge is 0.0776 e. The lowest BCUT2D eigenvalue weighted by molar-refractivity contribution is 0.0737. The van der Waals surface area contributed by atoms with Gasteiger partial charge in [0, 0.05) is 0 Å². The second-order valence-corrected chi connectivity index (χ2v) is 5.13. The Hall–Kier alpha value is 0. The van der Waals surface area contributed by atoms with Crippen LogP contribution in [0.5, 0.6) is 0 Å². The van der Waals surface area contributed by atoms with Crippen molar-refractivity contribution in [3.63, 3.8) is 0 Å². The van der Waals surface area contributed by atoms with Crippen LogP contribution in [-0.2, 0) is 0 Å². The van der Waals surface area contributed by atoms with Crippen molar-refractivity contribution in [3.8, 4) is 0 Å². The molecule has 0 N–H and O–H groups in total. The third-order valence-corrected chi connectivity index (χ3v) is 3.38.